The van der Waals surface area contributed by atoms with Gasteiger partial charge in [-0.1, -0.05) is 53.8 Å². The van der Waals surface area contributed by atoms with Crippen molar-refractivity contribution in [3.8, 4) is 0 Å². The molecule has 0 atom stereocenters. The molecule has 0 fully saturated rings. The second-order valence-corrected chi connectivity index (χ2v) is 7.75. The molecular formula is C23H16F2N2O2S. The van der Waals surface area contributed by atoms with Crippen LogP contribution < -0.4 is 4.90 Å². The highest BCUT2D eigenvalue weighted by atomic mass is 32.1. The van der Waals surface area contributed by atoms with Crippen molar-refractivity contribution < 1.29 is 18.4 Å². The SMILES string of the molecule is CC(=O)c1ccc(C(=O)N(Cc2ccccc2)c2nc3c(F)cc(F)cc3s2)cc1. The van der Waals surface area contributed by atoms with Crippen LogP contribution in [0.5, 0.6) is 0 Å². The molecule has 30 heavy (non-hydrogen) atoms. The summed E-state index contributed by atoms with van der Waals surface area (Å²) in [6.07, 6.45) is 0. The maximum atomic E-state index is 14.2. The number of rotatable bonds is 5. The lowest BCUT2D eigenvalue weighted by atomic mass is 10.1. The number of hydrogen-bond acceptors (Lipinski definition) is 4. The zero-order valence-corrected chi connectivity index (χ0v) is 16.7. The number of nitrogens with zero attached hydrogens (tertiary/aromatic N) is 2. The van der Waals surface area contributed by atoms with Gasteiger partial charge in [0, 0.05) is 17.2 Å². The largest absolute Gasteiger partial charge is 0.295 e. The van der Waals surface area contributed by atoms with Crippen molar-refractivity contribution in [3.63, 3.8) is 0 Å². The summed E-state index contributed by atoms with van der Waals surface area (Å²) in [6.45, 7) is 1.66. The second-order valence-electron chi connectivity index (χ2n) is 6.74. The van der Waals surface area contributed by atoms with E-state index in [0.717, 1.165) is 23.0 Å². The van der Waals surface area contributed by atoms with Crippen molar-refractivity contribution in [2.24, 2.45) is 0 Å². The first-order valence-corrected chi connectivity index (χ1v) is 9.96. The number of benzene rings is 3. The Morgan fingerprint density at radius 3 is 2.30 bits per heavy atom. The summed E-state index contributed by atoms with van der Waals surface area (Å²) in [5.74, 6) is -1.92. The van der Waals surface area contributed by atoms with Crippen molar-refractivity contribution in [3.05, 3.63) is 95.1 Å². The molecule has 4 aromatic rings. The minimum absolute atomic E-state index is 0.0224. The van der Waals surface area contributed by atoms with Crippen LogP contribution in [0.4, 0.5) is 13.9 Å². The Morgan fingerprint density at radius 1 is 0.967 bits per heavy atom. The van der Waals surface area contributed by atoms with E-state index < -0.39 is 11.6 Å². The van der Waals surface area contributed by atoms with Crippen LogP contribution in [-0.2, 0) is 6.54 Å². The van der Waals surface area contributed by atoms with Gasteiger partial charge in [-0.05, 0) is 30.7 Å². The predicted octanol–water partition coefficient (Wildman–Crippen LogP) is 5.62. The molecule has 0 bridgehead atoms. The fraction of sp³-hybridized carbons (Fsp3) is 0.0870. The van der Waals surface area contributed by atoms with Gasteiger partial charge in [0.2, 0.25) is 0 Å². The summed E-state index contributed by atoms with van der Waals surface area (Å²) in [6, 6.07) is 17.6. The Bertz CT molecular complexity index is 1240. The monoisotopic (exact) mass is 422 g/mol. The van der Waals surface area contributed by atoms with Gasteiger partial charge in [0.25, 0.3) is 5.91 Å². The van der Waals surface area contributed by atoms with Crippen molar-refractivity contribution in [1.82, 2.24) is 4.98 Å². The normalized spacial score (nSPS) is 10.9. The lowest BCUT2D eigenvalue weighted by Crippen LogP contribution is -2.30. The Hall–Kier alpha value is -3.45. The zero-order chi connectivity index (χ0) is 21.3. The molecule has 0 spiro atoms. The number of carbonyl (C=O) groups excluding carboxylic acids is 2. The van der Waals surface area contributed by atoms with E-state index in [1.165, 1.54) is 17.9 Å². The van der Waals surface area contributed by atoms with E-state index >= 15 is 0 Å². The summed E-state index contributed by atoms with van der Waals surface area (Å²) in [4.78, 5) is 30.5. The minimum atomic E-state index is -0.773. The third-order valence-electron chi connectivity index (χ3n) is 4.60. The molecule has 0 unspecified atom stereocenters. The lowest BCUT2D eigenvalue weighted by Gasteiger charge is -2.20. The number of aromatic nitrogens is 1. The number of thiazole rings is 1. The molecule has 0 aliphatic carbocycles. The Morgan fingerprint density at radius 2 is 1.63 bits per heavy atom. The van der Waals surface area contributed by atoms with Crippen LogP contribution in [0.3, 0.4) is 0 Å². The molecule has 4 rings (SSSR count). The molecule has 0 saturated carbocycles. The first-order valence-electron chi connectivity index (χ1n) is 9.15. The molecule has 150 valence electrons. The van der Waals surface area contributed by atoms with Gasteiger partial charge < -0.3 is 0 Å². The molecule has 1 amide bonds. The third kappa shape index (κ3) is 3.97. The maximum absolute atomic E-state index is 14.2. The number of fused-ring (bicyclic) bond motifs is 1. The number of ketones is 1. The molecular weight excluding hydrogens is 406 g/mol. The number of carbonyl (C=O) groups is 2. The average Bonchev–Trinajstić information content (AvgIpc) is 3.16. The van der Waals surface area contributed by atoms with E-state index in [4.69, 9.17) is 0 Å². The van der Waals surface area contributed by atoms with Crippen LogP contribution in [0.15, 0.2) is 66.7 Å². The van der Waals surface area contributed by atoms with Gasteiger partial charge in [-0.25, -0.2) is 13.8 Å². The van der Waals surface area contributed by atoms with E-state index in [-0.39, 0.29) is 28.9 Å². The minimum Gasteiger partial charge on any atom is -0.295 e. The summed E-state index contributed by atoms with van der Waals surface area (Å²) in [5.41, 5.74) is 1.74. The molecule has 0 radical (unpaired) electrons. The van der Waals surface area contributed by atoms with Crippen molar-refractivity contribution in [2.45, 2.75) is 13.5 Å². The first kappa shape index (κ1) is 19.8. The number of hydrogen-bond donors (Lipinski definition) is 0. The number of halogens is 2. The van der Waals surface area contributed by atoms with Gasteiger partial charge in [0.15, 0.2) is 16.7 Å². The Balaban J connectivity index is 1.77. The molecule has 1 heterocycles. The summed E-state index contributed by atoms with van der Waals surface area (Å²) < 4.78 is 28.1. The summed E-state index contributed by atoms with van der Waals surface area (Å²) >= 11 is 1.04. The van der Waals surface area contributed by atoms with Crippen molar-refractivity contribution >= 4 is 38.4 Å². The van der Waals surface area contributed by atoms with Crippen LogP contribution in [0.1, 0.15) is 33.2 Å². The number of Topliss-reactive ketones (excluding diaryl/α,β-unsaturated/α-hetero) is 1. The van der Waals surface area contributed by atoms with Gasteiger partial charge in [-0.2, -0.15) is 0 Å². The molecule has 4 nitrogen and oxygen atoms in total. The Kier molecular flexibility index (Phi) is 5.37. The first-order chi connectivity index (χ1) is 14.4. The van der Waals surface area contributed by atoms with Crippen LogP contribution in [-0.4, -0.2) is 16.7 Å². The van der Waals surface area contributed by atoms with Crippen LogP contribution in [0.25, 0.3) is 10.2 Å². The molecule has 3 aromatic carbocycles. The van der Waals surface area contributed by atoms with Gasteiger partial charge in [-0.15, -0.1) is 0 Å². The van der Waals surface area contributed by atoms with E-state index in [9.17, 15) is 18.4 Å². The van der Waals surface area contributed by atoms with Gasteiger partial charge >= 0.3 is 0 Å². The predicted molar refractivity (Wildman–Crippen MR) is 113 cm³/mol. The van der Waals surface area contributed by atoms with Crippen LogP contribution in [0, 0.1) is 11.6 Å². The zero-order valence-electron chi connectivity index (χ0n) is 15.9. The molecule has 0 N–H and O–H groups in total. The quantitative estimate of drug-likeness (QED) is 0.392. The lowest BCUT2D eigenvalue weighted by molar-refractivity contribution is 0.0981. The fourth-order valence-electron chi connectivity index (χ4n) is 3.06. The van der Waals surface area contributed by atoms with Crippen LogP contribution in [0.2, 0.25) is 0 Å². The van der Waals surface area contributed by atoms with E-state index in [0.29, 0.717) is 15.8 Å². The highest BCUT2D eigenvalue weighted by Gasteiger charge is 2.23. The second kappa shape index (κ2) is 8.12. The number of anilines is 1. The molecule has 0 aliphatic heterocycles. The van der Waals surface area contributed by atoms with E-state index in [1.807, 2.05) is 30.3 Å². The third-order valence-corrected chi connectivity index (χ3v) is 5.63. The summed E-state index contributed by atoms with van der Waals surface area (Å²) in [5, 5.41) is 0.263. The topological polar surface area (TPSA) is 50.3 Å². The number of amides is 1. The van der Waals surface area contributed by atoms with Crippen molar-refractivity contribution in [1.29, 1.82) is 0 Å². The van der Waals surface area contributed by atoms with Crippen LogP contribution >= 0.6 is 11.3 Å². The molecule has 1 aromatic heterocycles. The van der Waals surface area contributed by atoms with E-state index in [1.54, 1.807) is 24.3 Å². The standard InChI is InChI=1S/C23H16F2N2O2S/c1-14(28)16-7-9-17(10-8-16)22(29)27(13-15-5-3-2-4-6-15)23-26-21-19(25)11-18(24)12-20(21)30-23/h2-12H,13H2,1H3. The fourth-order valence-corrected chi connectivity index (χ4v) is 4.06. The summed E-state index contributed by atoms with van der Waals surface area (Å²) in [7, 11) is 0. The molecule has 7 heteroatoms. The van der Waals surface area contributed by atoms with Gasteiger partial charge in [-0.3, -0.25) is 14.5 Å². The molecule has 0 saturated heterocycles. The highest BCUT2D eigenvalue weighted by molar-refractivity contribution is 7.22. The van der Waals surface area contributed by atoms with Gasteiger partial charge in [0.05, 0.1) is 11.2 Å². The maximum Gasteiger partial charge on any atom is 0.260 e. The van der Waals surface area contributed by atoms with Gasteiger partial charge in [0.1, 0.15) is 11.3 Å². The average molecular weight is 422 g/mol. The molecule has 0 aliphatic rings. The highest BCUT2D eigenvalue weighted by Crippen LogP contribution is 2.32. The van der Waals surface area contributed by atoms with E-state index in [2.05, 4.69) is 4.98 Å². The Labute approximate surface area is 175 Å². The van der Waals surface area contributed by atoms with Crippen molar-refractivity contribution in [2.75, 3.05) is 4.90 Å². The smallest absolute Gasteiger partial charge is 0.260 e.